The summed E-state index contributed by atoms with van der Waals surface area (Å²) in [6.45, 7) is 5.78. The summed E-state index contributed by atoms with van der Waals surface area (Å²) in [5.41, 5.74) is -0.293. The highest BCUT2D eigenvalue weighted by molar-refractivity contribution is 8.00. The van der Waals surface area contributed by atoms with Crippen molar-refractivity contribution < 1.29 is 9.59 Å². The molecule has 21 heavy (non-hydrogen) atoms. The van der Waals surface area contributed by atoms with Crippen molar-refractivity contribution in [1.82, 2.24) is 10.2 Å². The number of hydrogen-bond donors (Lipinski definition) is 1. The van der Waals surface area contributed by atoms with Crippen molar-refractivity contribution in [3.05, 3.63) is 29.3 Å². The predicted octanol–water partition coefficient (Wildman–Crippen LogP) is 2.81. The largest absolute Gasteiger partial charge is 0.350 e. The van der Waals surface area contributed by atoms with Gasteiger partial charge in [-0.1, -0.05) is 11.6 Å². The summed E-state index contributed by atoms with van der Waals surface area (Å²) in [4.78, 5) is 26.1. The number of amides is 2. The van der Waals surface area contributed by atoms with Crippen LogP contribution in [-0.2, 0) is 9.59 Å². The molecule has 0 aliphatic heterocycles. The molecule has 0 fully saturated rings. The predicted molar refractivity (Wildman–Crippen MR) is 87.7 cm³/mol. The second-order valence-electron chi connectivity index (χ2n) is 5.79. The lowest BCUT2D eigenvalue weighted by molar-refractivity contribution is -0.133. The molecule has 4 nitrogen and oxygen atoms in total. The van der Waals surface area contributed by atoms with Gasteiger partial charge in [-0.2, -0.15) is 0 Å². The summed E-state index contributed by atoms with van der Waals surface area (Å²) >= 11 is 7.23. The zero-order chi connectivity index (χ0) is 16.0. The normalized spacial score (nSPS) is 11.1. The monoisotopic (exact) mass is 328 g/mol. The smallest absolute Gasteiger partial charge is 0.240 e. The Morgan fingerprint density at radius 3 is 2.33 bits per heavy atom. The maximum absolute atomic E-state index is 12.0. The maximum atomic E-state index is 12.0. The van der Waals surface area contributed by atoms with Crippen molar-refractivity contribution in [3.8, 4) is 0 Å². The molecule has 116 valence electrons. The first-order valence-electron chi connectivity index (χ1n) is 6.61. The third-order valence-electron chi connectivity index (χ3n) is 2.50. The SMILES string of the molecule is CN(CC(=O)NC(C)(C)C)C(=O)CSc1ccc(Cl)cc1. The molecule has 1 aromatic rings. The lowest BCUT2D eigenvalue weighted by Crippen LogP contribution is -2.46. The van der Waals surface area contributed by atoms with Crippen LogP contribution in [0.15, 0.2) is 29.2 Å². The minimum atomic E-state index is -0.293. The summed E-state index contributed by atoms with van der Waals surface area (Å²) in [7, 11) is 1.63. The molecule has 0 unspecified atom stereocenters. The van der Waals surface area contributed by atoms with Crippen molar-refractivity contribution in [2.75, 3.05) is 19.3 Å². The fourth-order valence-corrected chi connectivity index (χ4v) is 2.51. The van der Waals surface area contributed by atoms with Gasteiger partial charge in [-0.05, 0) is 45.0 Å². The molecule has 0 saturated heterocycles. The van der Waals surface area contributed by atoms with Gasteiger partial charge in [-0.3, -0.25) is 9.59 Å². The standard InChI is InChI=1S/C15H21ClN2O2S/c1-15(2,3)17-13(19)9-18(4)14(20)10-21-12-7-5-11(16)6-8-12/h5-8H,9-10H2,1-4H3,(H,17,19). The highest BCUT2D eigenvalue weighted by Crippen LogP contribution is 2.20. The zero-order valence-electron chi connectivity index (χ0n) is 12.8. The van der Waals surface area contributed by atoms with E-state index in [-0.39, 0.29) is 23.9 Å². The third kappa shape index (κ3) is 7.39. The number of hydrogen-bond acceptors (Lipinski definition) is 3. The number of rotatable bonds is 5. The van der Waals surface area contributed by atoms with Crippen LogP contribution in [0.4, 0.5) is 0 Å². The van der Waals surface area contributed by atoms with E-state index in [2.05, 4.69) is 5.32 Å². The molecule has 0 aromatic heterocycles. The van der Waals surface area contributed by atoms with Crippen LogP contribution < -0.4 is 5.32 Å². The van der Waals surface area contributed by atoms with Gasteiger partial charge in [0.2, 0.25) is 11.8 Å². The van der Waals surface area contributed by atoms with Crippen LogP contribution in [0.3, 0.4) is 0 Å². The van der Waals surface area contributed by atoms with E-state index >= 15 is 0 Å². The van der Waals surface area contributed by atoms with Crippen molar-refractivity contribution in [2.24, 2.45) is 0 Å². The second-order valence-corrected chi connectivity index (χ2v) is 7.28. The van der Waals surface area contributed by atoms with Crippen LogP contribution in [0.1, 0.15) is 20.8 Å². The Labute approximate surface area is 135 Å². The molecule has 0 heterocycles. The van der Waals surface area contributed by atoms with Crippen LogP contribution in [-0.4, -0.2) is 41.6 Å². The van der Waals surface area contributed by atoms with Crippen LogP contribution >= 0.6 is 23.4 Å². The van der Waals surface area contributed by atoms with Crippen molar-refractivity contribution in [2.45, 2.75) is 31.2 Å². The molecule has 0 aliphatic rings. The summed E-state index contributed by atoms with van der Waals surface area (Å²) < 4.78 is 0. The topological polar surface area (TPSA) is 49.4 Å². The van der Waals surface area contributed by atoms with Gasteiger partial charge in [0.15, 0.2) is 0 Å². The van der Waals surface area contributed by atoms with Crippen molar-refractivity contribution in [3.63, 3.8) is 0 Å². The van der Waals surface area contributed by atoms with Crippen LogP contribution in [0, 0.1) is 0 Å². The minimum absolute atomic E-state index is 0.0667. The molecule has 0 aliphatic carbocycles. The number of nitrogens with zero attached hydrogens (tertiary/aromatic N) is 1. The first-order valence-corrected chi connectivity index (χ1v) is 7.97. The molecule has 0 atom stereocenters. The lowest BCUT2D eigenvalue weighted by Gasteiger charge is -2.23. The molecule has 0 radical (unpaired) electrons. The molecule has 0 bridgehead atoms. The number of likely N-dealkylation sites (N-methyl/N-ethyl adjacent to an activating group) is 1. The van der Waals surface area contributed by atoms with E-state index in [1.807, 2.05) is 32.9 Å². The fraction of sp³-hybridized carbons (Fsp3) is 0.467. The summed E-state index contributed by atoms with van der Waals surface area (Å²) in [5, 5.41) is 3.50. The summed E-state index contributed by atoms with van der Waals surface area (Å²) in [6, 6.07) is 7.31. The van der Waals surface area contributed by atoms with E-state index in [1.165, 1.54) is 16.7 Å². The van der Waals surface area contributed by atoms with Crippen molar-refractivity contribution >= 4 is 35.2 Å². The summed E-state index contributed by atoms with van der Waals surface area (Å²) in [6.07, 6.45) is 0. The Morgan fingerprint density at radius 2 is 1.81 bits per heavy atom. The van der Waals surface area contributed by atoms with Gasteiger partial charge in [0.1, 0.15) is 0 Å². The van der Waals surface area contributed by atoms with E-state index in [4.69, 9.17) is 11.6 Å². The van der Waals surface area contributed by atoms with Gasteiger partial charge >= 0.3 is 0 Å². The van der Waals surface area contributed by atoms with Gasteiger partial charge < -0.3 is 10.2 Å². The van der Waals surface area contributed by atoms with E-state index in [1.54, 1.807) is 19.2 Å². The number of nitrogens with one attached hydrogen (secondary N) is 1. The van der Waals surface area contributed by atoms with E-state index in [0.29, 0.717) is 10.8 Å². The molecule has 1 aromatic carbocycles. The number of halogens is 1. The van der Waals surface area contributed by atoms with Crippen LogP contribution in [0.2, 0.25) is 5.02 Å². The second kappa shape index (κ2) is 7.71. The van der Waals surface area contributed by atoms with E-state index in [9.17, 15) is 9.59 Å². The van der Waals surface area contributed by atoms with E-state index < -0.39 is 0 Å². The van der Waals surface area contributed by atoms with Crippen LogP contribution in [0.25, 0.3) is 0 Å². The molecule has 6 heteroatoms. The Hall–Kier alpha value is -1.20. The highest BCUT2D eigenvalue weighted by atomic mass is 35.5. The zero-order valence-corrected chi connectivity index (χ0v) is 14.3. The molecule has 0 spiro atoms. The number of carbonyl (C=O) groups excluding carboxylic acids is 2. The van der Waals surface area contributed by atoms with E-state index in [0.717, 1.165) is 4.90 Å². The minimum Gasteiger partial charge on any atom is -0.350 e. The summed E-state index contributed by atoms with van der Waals surface area (Å²) in [5.74, 6) is 0.0508. The third-order valence-corrected chi connectivity index (χ3v) is 3.75. The van der Waals surface area contributed by atoms with Gasteiger partial charge in [-0.25, -0.2) is 0 Å². The number of benzene rings is 1. The average Bonchev–Trinajstić information content (AvgIpc) is 2.35. The first kappa shape index (κ1) is 17.9. The quantitative estimate of drug-likeness (QED) is 0.846. The molecule has 1 N–H and O–H groups in total. The van der Waals surface area contributed by atoms with Crippen molar-refractivity contribution in [1.29, 1.82) is 0 Å². The van der Waals surface area contributed by atoms with Crippen LogP contribution in [0.5, 0.6) is 0 Å². The Morgan fingerprint density at radius 1 is 1.24 bits per heavy atom. The number of thioether (sulfide) groups is 1. The molecular weight excluding hydrogens is 308 g/mol. The molecule has 0 saturated carbocycles. The van der Waals surface area contributed by atoms with Gasteiger partial charge in [0.05, 0.1) is 12.3 Å². The van der Waals surface area contributed by atoms with Gasteiger partial charge in [0, 0.05) is 22.5 Å². The molecule has 2 amide bonds. The Kier molecular flexibility index (Phi) is 6.55. The Bertz CT molecular complexity index is 497. The average molecular weight is 329 g/mol. The van der Waals surface area contributed by atoms with Gasteiger partial charge in [-0.15, -0.1) is 11.8 Å². The lowest BCUT2D eigenvalue weighted by atomic mass is 10.1. The molecule has 1 rings (SSSR count). The maximum Gasteiger partial charge on any atom is 0.240 e. The fourth-order valence-electron chi connectivity index (χ4n) is 1.55. The van der Waals surface area contributed by atoms with Gasteiger partial charge in [0.25, 0.3) is 0 Å². The first-order chi connectivity index (χ1) is 9.67. The Balaban J connectivity index is 2.40. The number of carbonyl (C=O) groups is 2. The highest BCUT2D eigenvalue weighted by Gasteiger charge is 2.17. The molecular formula is C15H21ClN2O2S.